The van der Waals surface area contributed by atoms with Gasteiger partial charge in [0.1, 0.15) is 11.3 Å². The van der Waals surface area contributed by atoms with E-state index in [9.17, 15) is 4.79 Å². The predicted molar refractivity (Wildman–Crippen MR) is 167 cm³/mol. The van der Waals surface area contributed by atoms with Crippen molar-refractivity contribution >= 4 is 51.0 Å². The molecule has 41 heavy (non-hydrogen) atoms. The summed E-state index contributed by atoms with van der Waals surface area (Å²) in [5.41, 5.74) is 7.89. The monoisotopic (exact) mass is 582 g/mol. The minimum Gasteiger partial charge on any atom is -0.372 e. The van der Waals surface area contributed by atoms with E-state index in [0.717, 1.165) is 52.5 Å². The van der Waals surface area contributed by atoms with Gasteiger partial charge in [-0.25, -0.2) is 15.0 Å². The van der Waals surface area contributed by atoms with Crippen molar-refractivity contribution in [2.45, 2.75) is 39.3 Å². The summed E-state index contributed by atoms with van der Waals surface area (Å²) in [5.74, 6) is 6.52. The second-order valence-electron chi connectivity index (χ2n) is 10.1. The molecule has 0 aliphatic carbocycles. The van der Waals surface area contributed by atoms with Gasteiger partial charge in [-0.3, -0.25) is 9.36 Å². The van der Waals surface area contributed by atoms with Gasteiger partial charge in [0, 0.05) is 45.8 Å². The number of thiazole rings is 2. The first-order valence-electron chi connectivity index (χ1n) is 13.5. The summed E-state index contributed by atoms with van der Waals surface area (Å²) in [4.78, 5) is 36.1. The Balaban J connectivity index is 1.32. The average Bonchev–Trinajstić information content (AvgIpc) is 3.61. The van der Waals surface area contributed by atoms with Gasteiger partial charge in [-0.1, -0.05) is 5.92 Å². The summed E-state index contributed by atoms with van der Waals surface area (Å²) in [7, 11) is 2.16. The lowest BCUT2D eigenvalue weighted by molar-refractivity contribution is 0.443. The molecule has 0 amide bonds. The number of pyridine rings is 1. The fourth-order valence-electron chi connectivity index (χ4n) is 4.94. The van der Waals surface area contributed by atoms with Crippen LogP contribution in [-0.4, -0.2) is 50.7 Å². The highest BCUT2D eigenvalue weighted by molar-refractivity contribution is 7.10. The summed E-state index contributed by atoms with van der Waals surface area (Å²) < 4.78 is 1.66. The zero-order valence-corrected chi connectivity index (χ0v) is 24.8. The number of hydrogen-bond donors (Lipinski definition) is 2. The minimum absolute atomic E-state index is 0.208. The standard InChI is InChI=1S/C30H30N8OS2/c1-19-27(41-17-33-19)16-38-28-22(14-21(29(38)39)4-9-26-20(2)40-18-34-26)15-32-30(36-28)35-23-5-7-24(8-6-23)37(3)25-10-12-31-13-11-25/h5-8,14-15,17-18,25,31H,10-13,16H2,1-3H3,(H,32,35,36). The van der Waals surface area contributed by atoms with E-state index in [2.05, 4.69) is 61.5 Å². The normalized spacial score (nSPS) is 13.6. The summed E-state index contributed by atoms with van der Waals surface area (Å²) >= 11 is 3.05. The fourth-order valence-corrected chi connectivity index (χ4v) is 6.24. The Hall–Kier alpha value is -4.11. The van der Waals surface area contributed by atoms with Gasteiger partial charge < -0.3 is 15.5 Å². The Bertz CT molecular complexity index is 1810. The molecule has 0 radical (unpaired) electrons. The molecule has 11 heteroatoms. The van der Waals surface area contributed by atoms with E-state index >= 15 is 0 Å². The van der Waals surface area contributed by atoms with Crippen molar-refractivity contribution in [3.63, 3.8) is 0 Å². The van der Waals surface area contributed by atoms with E-state index in [1.807, 2.05) is 26.0 Å². The van der Waals surface area contributed by atoms with Crippen LogP contribution in [0.2, 0.25) is 0 Å². The molecule has 1 aromatic carbocycles. The number of aromatic nitrogens is 5. The number of nitrogens with zero attached hydrogens (tertiary/aromatic N) is 6. The van der Waals surface area contributed by atoms with E-state index in [-0.39, 0.29) is 5.56 Å². The maximum atomic E-state index is 13.7. The predicted octanol–water partition coefficient (Wildman–Crippen LogP) is 4.70. The molecular formula is C30H30N8OS2. The number of anilines is 3. The first kappa shape index (κ1) is 27.1. The van der Waals surface area contributed by atoms with Crippen molar-refractivity contribution in [3.05, 3.63) is 84.6 Å². The molecule has 1 saturated heterocycles. The van der Waals surface area contributed by atoms with Crippen molar-refractivity contribution in [3.8, 4) is 11.8 Å². The largest absolute Gasteiger partial charge is 0.372 e. The number of hydrogen-bond acceptors (Lipinski definition) is 10. The zero-order valence-electron chi connectivity index (χ0n) is 23.1. The smallest absolute Gasteiger partial charge is 0.268 e. The summed E-state index contributed by atoms with van der Waals surface area (Å²) in [6.45, 7) is 6.38. The van der Waals surface area contributed by atoms with Gasteiger partial charge in [0.05, 0.1) is 28.8 Å². The van der Waals surface area contributed by atoms with Gasteiger partial charge in [-0.15, -0.1) is 22.7 Å². The Morgan fingerprint density at radius 2 is 1.85 bits per heavy atom. The molecule has 5 heterocycles. The quantitative estimate of drug-likeness (QED) is 0.278. The van der Waals surface area contributed by atoms with Crippen LogP contribution in [0.25, 0.3) is 11.0 Å². The van der Waals surface area contributed by atoms with Gasteiger partial charge >= 0.3 is 0 Å². The number of piperidine rings is 1. The van der Waals surface area contributed by atoms with E-state index in [1.54, 1.807) is 27.9 Å². The highest BCUT2D eigenvalue weighted by Gasteiger charge is 2.18. The molecule has 5 aromatic rings. The highest BCUT2D eigenvalue weighted by Crippen LogP contribution is 2.24. The molecule has 1 fully saturated rings. The van der Waals surface area contributed by atoms with Crippen molar-refractivity contribution < 1.29 is 0 Å². The van der Waals surface area contributed by atoms with Gasteiger partial charge in [0.15, 0.2) is 0 Å². The molecule has 2 N–H and O–H groups in total. The van der Waals surface area contributed by atoms with E-state index < -0.39 is 0 Å². The Labute approximate surface area is 246 Å². The third-order valence-corrected chi connectivity index (χ3v) is 9.10. The van der Waals surface area contributed by atoms with Crippen LogP contribution in [0.1, 0.15) is 39.5 Å². The van der Waals surface area contributed by atoms with Crippen LogP contribution in [0, 0.1) is 25.7 Å². The Kier molecular flexibility index (Phi) is 7.78. The molecule has 6 rings (SSSR count). The first-order valence-corrected chi connectivity index (χ1v) is 15.2. The number of fused-ring (bicyclic) bond motifs is 1. The van der Waals surface area contributed by atoms with Crippen LogP contribution in [0.4, 0.5) is 17.3 Å². The molecule has 0 bridgehead atoms. The Morgan fingerprint density at radius 3 is 2.56 bits per heavy atom. The molecule has 1 aliphatic rings. The van der Waals surface area contributed by atoms with Crippen molar-refractivity contribution in [1.82, 2.24) is 29.8 Å². The fraction of sp³-hybridized carbons (Fsp3) is 0.300. The number of aryl methyl sites for hydroxylation is 2. The van der Waals surface area contributed by atoms with Crippen LogP contribution in [0.3, 0.4) is 0 Å². The molecule has 9 nitrogen and oxygen atoms in total. The first-order chi connectivity index (χ1) is 20.0. The van der Waals surface area contributed by atoms with Crippen molar-refractivity contribution in [1.29, 1.82) is 0 Å². The maximum absolute atomic E-state index is 13.7. The Morgan fingerprint density at radius 1 is 1.07 bits per heavy atom. The topological polar surface area (TPSA) is 101 Å². The summed E-state index contributed by atoms with van der Waals surface area (Å²) in [6.07, 6.45) is 4.02. The van der Waals surface area contributed by atoms with Crippen LogP contribution in [0.15, 0.2) is 52.3 Å². The highest BCUT2D eigenvalue weighted by atomic mass is 32.1. The third kappa shape index (κ3) is 5.86. The lowest BCUT2D eigenvalue weighted by Gasteiger charge is -2.33. The minimum atomic E-state index is -0.208. The molecular weight excluding hydrogens is 553 g/mol. The van der Waals surface area contributed by atoms with Crippen molar-refractivity contribution in [2.75, 3.05) is 30.4 Å². The maximum Gasteiger partial charge on any atom is 0.268 e. The van der Waals surface area contributed by atoms with E-state index in [4.69, 9.17) is 4.98 Å². The zero-order chi connectivity index (χ0) is 28.3. The molecule has 208 valence electrons. The average molecular weight is 583 g/mol. The lowest BCUT2D eigenvalue weighted by atomic mass is 10.0. The molecule has 0 saturated carbocycles. The molecule has 0 spiro atoms. The van der Waals surface area contributed by atoms with Crippen LogP contribution >= 0.6 is 22.7 Å². The molecule has 0 unspecified atom stereocenters. The third-order valence-electron chi connectivity index (χ3n) is 7.42. The van der Waals surface area contributed by atoms with Crippen molar-refractivity contribution in [2.24, 2.45) is 0 Å². The van der Waals surface area contributed by atoms with Gasteiger partial charge in [0.2, 0.25) is 5.95 Å². The van der Waals surface area contributed by atoms with E-state index in [1.165, 1.54) is 28.4 Å². The second-order valence-corrected chi connectivity index (χ2v) is 12.1. The van der Waals surface area contributed by atoms with Gasteiger partial charge in [0.25, 0.3) is 5.56 Å². The number of nitrogens with one attached hydrogen (secondary N) is 2. The molecule has 0 atom stereocenters. The molecule has 1 aliphatic heterocycles. The molecule has 4 aromatic heterocycles. The van der Waals surface area contributed by atoms with Gasteiger partial charge in [-0.05, 0) is 76.0 Å². The summed E-state index contributed by atoms with van der Waals surface area (Å²) in [5, 5.41) is 7.47. The number of rotatable bonds is 6. The second kappa shape index (κ2) is 11.8. The van der Waals surface area contributed by atoms with Crippen LogP contribution in [-0.2, 0) is 6.54 Å². The summed E-state index contributed by atoms with van der Waals surface area (Å²) in [6, 6.07) is 10.6. The van der Waals surface area contributed by atoms with Crippen LogP contribution in [0.5, 0.6) is 0 Å². The number of benzene rings is 1. The van der Waals surface area contributed by atoms with Crippen LogP contribution < -0.4 is 21.1 Å². The van der Waals surface area contributed by atoms with Gasteiger partial charge in [-0.2, -0.15) is 4.98 Å². The lowest BCUT2D eigenvalue weighted by Crippen LogP contribution is -2.41. The SMILES string of the molecule is Cc1ncsc1Cn1c(=O)c(C#Cc2ncsc2C)cc2cnc(Nc3ccc(N(C)C4CCNCC4)cc3)nc21. The van der Waals surface area contributed by atoms with E-state index in [0.29, 0.717) is 35.4 Å².